The molecule has 0 spiro atoms. The van der Waals surface area contributed by atoms with E-state index in [0.717, 1.165) is 0 Å². The summed E-state index contributed by atoms with van der Waals surface area (Å²) in [6.45, 7) is 10.1. The number of amides is 3. The second-order valence-corrected chi connectivity index (χ2v) is 11.6. The SMILES string of the molecule is CC(C)(C)C(NC(=S)C(F)F)C(=O)N1C[C@H]2[C@@H]([C@H]1C(=O)NC(C#N)C[C@@H]1CCNC1=O)C2(C)C. The lowest BCUT2D eigenvalue weighted by Crippen LogP contribution is -2.60. The number of nitrogens with one attached hydrogen (secondary N) is 3. The Balaban J connectivity index is 1.79. The Labute approximate surface area is 204 Å². The maximum atomic E-state index is 13.6. The number of halogens is 2. The van der Waals surface area contributed by atoms with Crippen LogP contribution in [0.15, 0.2) is 0 Å². The third-order valence-electron chi connectivity index (χ3n) is 7.51. The number of carbonyl (C=O) groups is 3. The molecule has 3 amide bonds. The van der Waals surface area contributed by atoms with Crippen molar-refractivity contribution >= 4 is 34.9 Å². The quantitative estimate of drug-likeness (QED) is 0.461. The Morgan fingerprint density at radius 2 is 1.97 bits per heavy atom. The minimum Gasteiger partial charge on any atom is -0.363 e. The number of thiocarbonyl (C=S) groups is 1. The monoisotopic (exact) mass is 497 g/mol. The average molecular weight is 498 g/mol. The lowest BCUT2D eigenvalue weighted by atomic mass is 9.85. The van der Waals surface area contributed by atoms with Gasteiger partial charge in [0.15, 0.2) is 0 Å². The highest BCUT2D eigenvalue weighted by molar-refractivity contribution is 7.80. The highest BCUT2D eigenvalue weighted by Gasteiger charge is 2.69. The van der Waals surface area contributed by atoms with Crippen LogP contribution in [0.3, 0.4) is 0 Å². The third-order valence-corrected chi connectivity index (χ3v) is 7.81. The number of piperidine rings is 1. The van der Waals surface area contributed by atoms with Crippen LogP contribution in [0.5, 0.6) is 0 Å². The van der Waals surface area contributed by atoms with Gasteiger partial charge < -0.3 is 20.9 Å². The maximum Gasteiger partial charge on any atom is 0.288 e. The van der Waals surface area contributed by atoms with Crippen LogP contribution in [0.1, 0.15) is 47.5 Å². The molecule has 0 radical (unpaired) electrons. The van der Waals surface area contributed by atoms with Crippen molar-refractivity contribution in [3.63, 3.8) is 0 Å². The van der Waals surface area contributed by atoms with Crippen LogP contribution in [0.25, 0.3) is 0 Å². The van der Waals surface area contributed by atoms with Crippen molar-refractivity contribution in [1.29, 1.82) is 5.26 Å². The van der Waals surface area contributed by atoms with Gasteiger partial charge in [0, 0.05) is 19.0 Å². The summed E-state index contributed by atoms with van der Waals surface area (Å²) in [5.41, 5.74) is -0.903. The first-order valence-corrected chi connectivity index (χ1v) is 12.0. The number of hydrogen-bond donors (Lipinski definition) is 3. The molecule has 2 aliphatic heterocycles. The van der Waals surface area contributed by atoms with E-state index in [1.54, 1.807) is 20.8 Å². The Bertz CT molecular complexity index is 913. The molecule has 2 saturated heterocycles. The van der Waals surface area contributed by atoms with E-state index in [0.29, 0.717) is 19.5 Å². The molecule has 3 aliphatic rings. The molecule has 0 aromatic carbocycles. The van der Waals surface area contributed by atoms with Crippen molar-refractivity contribution in [2.75, 3.05) is 13.1 Å². The van der Waals surface area contributed by atoms with Crippen LogP contribution >= 0.6 is 12.2 Å². The number of alkyl halides is 2. The number of rotatable bonds is 7. The van der Waals surface area contributed by atoms with E-state index in [2.05, 4.69) is 22.0 Å². The van der Waals surface area contributed by atoms with Gasteiger partial charge in [0.25, 0.3) is 6.43 Å². The van der Waals surface area contributed by atoms with Gasteiger partial charge in [-0.2, -0.15) is 5.26 Å². The highest BCUT2D eigenvalue weighted by Crippen LogP contribution is 2.65. The first-order chi connectivity index (χ1) is 15.7. The zero-order valence-corrected chi connectivity index (χ0v) is 21.0. The molecule has 3 fully saturated rings. The smallest absolute Gasteiger partial charge is 0.288 e. The van der Waals surface area contributed by atoms with Crippen LogP contribution in [-0.2, 0) is 14.4 Å². The summed E-state index contributed by atoms with van der Waals surface area (Å²) < 4.78 is 26.2. The van der Waals surface area contributed by atoms with Crippen LogP contribution in [0.2, 0.25) is 0 Å². The van der Waals surface area contributed by atoms with Gasteiger partial charge >= 0.3 is 0 Å². The molecular formula is C23H33F2N5O3S. The molecule has 2 heterocycles. The second-order valence-electron chi connectivity index (χ2n) is 11.2. The Morgan fingerprint density at radius 3 is 2.47 bits per heavy atom. The van der Waals surface area contributed by atoms with Crippen molar-refractivity contribution in [3.05, 3.63) is 0 Å². The predicted molar refractivity (Wildman–Crippen MR) is 125 cm³/mol. The summed E-state index contributed by atoms with van der Waals surface area (Å²) in [7, 11) is 0. The van der Waals surface area contributed by atoms with Crippen LogP contribution < -0.4 is 16.0 Å². The van der Waals surface area contributed by atoms with Gasteiger partial charge in [-0.15, -0.1) is 0 Å². The van der Waals surface area contributed by atoms with E-state index >= 15 is 0 Å². The lowest BCUT2D eigenvalue weighted by Gasteiger charge is -2.38. The predicted octanol–water partition coefficient (Wildman–Crippen LogP) is 1.60. The van der Waals surface area contributed by atoms with Gasteiger partial charge in [0.2, 0.25) is 17.7 Å². The first-order valence-electron chi connectivity index (χ1n) is 11.6. The molecular weight excluding hydrogens is 464 g/mol. The summed E-state index contributed by atoms with van der Waals surface area (Å²) in [6.07, 6.45) is -2.11. The molecule has 2 unspecified atom stereocenters. The van der Waals surface area contributed by atoms with Gasteiger partial charge in [-0.1, -0.05) is 46.8 Å². The number of hydrogen-bond acceptors (Lipinski definition) is 5. The summed E-state index contributed by atoms with van der Waals surface area (Å²) >= 11 is 4.74. The number of fused-ring (bicyclic) bond motifs is 1. The average Bonchev–Trinajstić information content (AvgIpc) is 3.10. The molecule has 1 aliphatic carbocycles. The van der Waals surface area contributed by atoms with Gasteiger partial charge in [0.1, 0.15) is 23.1 Å². The van der Waals surface area contributed by atoms with E-state index in [9.17, 15) is 28.4 Å². The highest BCUT2D eigenvalue weighted by atomic mass is 32.1. The van der Waals surface area contributed by atoms with Crippen LogP contribution in [-0.4, -0.2) is 65.3 Å². The second kappa shape index (κ2) is 9.36. The van der Waals surface area contributed by atoms with Crippen molar-refractivity contribution in [1.82, 2.24) is 20.9 Å². The van der Waals surface area contributed by atoms with Gasteiger partial charge in [-0.25, -0.2) is 8.78 Å². The molecule has 3 N–H and O–H groups in total. The van der Waals surface area contributed by atoms with Crippen LogP contribution in [0, 0.1) is 39.9 Å². The number of likely N-dealkylation sites (tertiary alicyclic amines) is 1. The fourth-order valence-electron chi connectivity index (χ4n) is 5.39. The number of nitriles is 1. The van der Waals surface area contributed by atoms with Crippen molar-refractivity contribution < 1.29 is 23.2 Å². The van der Waals surface area contributed by atoms with Gasteiger partial charge in [0.05, 0.1) is 6.07 Å². The molecule has 0 aromatic rings. The summed E-state index contributed by atoms with van der Waals surface area (Å²) in [5, 5.41) is 17.6. The normalized spacial score (nSPS) is 29.0. The van der Waals surface area contributed by atoms with Crippen molar-refractivity contribution in [2.45, 2.75) is 72.0 Å². The molecule has 11 heteroatoms. The lowest BCUT2D eigenvalue weighted by molar-refractivity contribution is -0.143. The molecule has 6 atom stereocenters. The Morgan fingerprint density at radius 1 is 1.32 bits per heavy atom. The topological polar surface area (TPSA) is 114 Å². The van der Waals surface area contributed by atoms with Crippen LogP contribution in [0.4, 0.5) is 8.78 Å². The zero-order valence-electron chi connectivity index (χ0n) is 20.2. The van der Waals surface area contributed by atoms with Gasteiger partial charge in [-0.05, 0) is 35.5 Å². The fraction of sp³-hybridized carbons (Fsp3) is 0.783. The summed E-state index contributed by atoms with van der Waals surface area (Å²) in [4.78, 5) is 39.6. The number of nitrogens with zero attached hydrogens (tertiary/aromatic N) is 2. The molecule has 188 valence electrons. The van der Waals surface area contributed by atoms with Crippen molar-refractivity contribution in [2.24, 2.45) is 28.6 Å². The number of carbonyl (C=O) groups excluding carboxylic acids is 3. The van der Waals surface area contributed by atoms with E-state index in [1.165, 1.54) is 4.90 Å². The largest absolute Gasteiger partial charge is 0.363 e. The van der Waals surface area contributed by atoms with E-state index < -0.39 is 46.8 Å². The summed E-state index contributed by atoms with van der Waals surface area (Å²) in [5.74, 6) is -1.42. The maximum absolute atomic E-state index is 13.6. The molecule has 0 bridgehead atoms. The van der Waals surface area contributed by atoms with Crippen molar-refractivity contribution in [3.8, 4) is 6.07 Å². The first kappa shape index (κ1) is 26.3. The Hall–Kier alpha value is -2.35. The minimum atomic E-state index is -2.90. The molecule has 1 saturated carbocycles. The third kappa shape index (κ3) is 5.02. The Kier molecular flexibility index (Phi) is 7.23. The van der Waals surface area contributed by atoms with E-state index in [-0.39, 0.29) is 35.5 Å². The molecule has 34 heavy (non-hydrogen) atoms. The zero-order chi connectivity index (χ0) is 25.6. The molecule has 0 aromatic heterocycles. The minimum absolute atomic E-state index is 0.0935. The molecule has 8 nitrogen and oxygen atoms in total. The fourth-order valence-corrected chi connectivity index (χ4v) is 5.51. The summed E-state index contributed by atoms with van der Waals surface area (Å²) in [6, 6.07) is -0.688. The van der Waals surface area contributed by atoms with E-state index in [4.69, 9.17) is 12.2 Å². The molecule has 3 rings (SSSR count). The van der Waals surface area contributed by atoms with E-state index in [1.807, 2.05) is 13.8 Å². The standard InChI is InChI=1S/C23H33F2N5O3S/c1-22(2,3)16(29-20(34)17(24)25)21(33)30-10-13-14(23(13,4)5)15(30)19(32)28-12(9-26)8-11-6-7-27-18(11)31/h11-17H,6-8,10H2,1-5H3,(H,27,31)(H,28,32)(H,29,34)/t11-,12?,13-,14-,15-,16?/m0/s1. The van der Waals surface area contributed by atoms with Gasteiger partial charge in [-0.3, -0.25) is 14.4 Å².